The highest BCUT2D eigenvalue weighted by Gasteiger charge is 2.38. The molecule has 36 heavy (non-hydrogen) atoms. The van der Waals surface area contributed by atoms with Crippen molar-refractivity contribution < 1.29 is 27.4 Å². The van der Waals surface area contributed by atoms with Gasteiger partial charge in [0.1, 0.15) is 22.6 Å². The molecule has 1 N–H and O–H groups in total. The monoisotopic (exact) mass is 516 g/mol. The molecular formula is C27H33FN2O5S. The van der Waals surface area contributed by atoms with Gasteiger partial charge in [-0.15, -0.1) is 0 Å². The van der Waals surface area contributed by atoms with Crippen molar-refractivity contribution in [3.8, 4) is 17.6 Å². The Kier molecular flexibility index (Phi) is 9.12. The first kappa shape index (κ1) is 27.7. The van der Waals surface area contributed by atoms with E-state index < -0.39 is 33.9 Å². The molecule has 0 fully saturated rings. The maximum absolute atomic E-state index is 14.2. The molecule has 0 spiro atoms. The molecule has 1 aliphatic rings. The molecule has 0 radical (unpaired) electrons. The Labute approximate surface area is 212 Å². The number of likely N-dealkylation sites (N-methyl/N-ethyl adjacent to an activating group) is 1. The van der Waals surface area contributed by atoms with Crippen LogP contribution in [0.25, 0.3) is 0 Å². The maximum atomic E-state index is 14.2. The number of sulfonamides is 1. The molecule has 9 heteroatoms. The normalized spacial score (nSPS) is 20.1. The average Bonchev–Trinajstić information content (AvgIpc) is 2.85. The van der Waals surface area contributed by atoms with E-state index in [9.17, 15) is 22.7 Å². The number of rotatable bonds is 6. The smallest absolute Gasteiger partial charge is 0.256 e. The molecule has 1 amide bonds. The molecule has 1 heterocycles. The number of halogens is 1. The molecule has 7 nitrogen and oxygen atoms in total. The maximum Gasteiger partial charge on any atom is 0.256 e. The summed E-state index contributed by atoms with van der Waals surface area (Å²) in [6, 6.07) is 9.80. The van der Waals surface area contributed by atoms with Gasteiger partial charge in [-0.2, -0.15) is 4.31 Å². The number of nitrogens with zero attached hydrogens (tertiary/aromatic N) is 2. The third kappa shape index (κ3) is 6.06. The first-order valence-electron chi connectivity index (χ1n) is 12.0. The molecule has 0 saturated heterocycles. The van der Waals surface area contributed by atoms with E-state index in [0.29, 0.717) is 12.0 Å². The molecule has 2 aromatic rings. The predicted octanol–water partition coefficient (Wildman–Crippen LogP) is 3.52. The van der Waals surface area contributed by atoms with Crippen molar-refractivity contribution in [2.75, 3.05) is 26.7 Å². The largest absolute Gasteiger partial charge is 0.487 e. The molecular weight excluding hydrogens is 483 g/mol. The van der Waals surface area contributed by atoms with Crippen LogP contribution in [0.3, 0.4) is 0 Å². The Morgan fingerprint density at radius 1 is 1.31 bits per heavy atom. The van der Waals surface area contributed by atoms with Gasteiger partial charge in [0, 0.05) is 37.5 Å². The van der Waals surface area contributed by atoms with Gasteiger partial charge in [0.15, 0.2) is 0 Å². The van der Waals surface area contributed by atoms with Crippen LogP contribution < -0.4 is 4.74 Å². The highest BCUT2D eigenvalue weighted by molar-refractivity contribution is 7.89. The number of aliphatic hydroxyl groups excluding tert-OH is 1. The van der Waals surface area contributed by atoms with Crippen molar-refractivity contribution in [1.29, 1.82) is 0 Å². The number of hydrogen-bond donors (Lipinski definition) is 1. The summed E-state index contributed by atoms with van der Waals surface area (Å²) in [6.07, 6.45) is 1.01. The standard InChI is InChI=1S/C27H33FN2O5S/c1-5-6-7-10-21-13-14-26-24(15-21)35-25(19(2)16-30(20(3)18-31)36(26,33)34)17-29(4)27(32)22-11-8-9-12-23(22)28/h8-9,11-15,19-20,25,31H,5-6,16-18H2,1-4H3/t19-,20-,25-/m1/s1. The van der Waals surface area contributed by atoms with Gasteiger partial charge in [0.25, 0.3) is 5.91 Å². The van der Waals surface area contributed by atoms with E-state index in [4.69, 9.17) is 4.74 Å². The molecule has 0 saturated carbocycles. The molecule has 0 aliphatic carbocycles. The Morgan fingerprint density at radius 2 is 2.03 bits per heavy atom. The summed E-state index contributed by atoms with van der Waals surface area (Å²) in [5, 5.41) is 9.77. The number of carbonyl (C=O) groups excluding carboxylic acids is 1. The Balaban J connectivity index is 2.01. The number of amides is 1. The van der Waals surface area contributed by atoms with E-state index in [-0.39, 0.29) is 41.8 Å². The second-order valence-corrected chi connectivity index (χ2v) is 11.0. The molecule has 2 aromatic carbocycles. The van der Waals surface area contributed by atoms with Gasteiger partial charge in [-0.1, -0.05) is 37.8 Å². The Bertz CT molecular complexity index is 1250. The topological polar surface area (TPSA) is 87.2 Å². The second kappa shape index (κ2) is 11.9. The van der Waals surface area contributed by atoms with Crippen molar-refractivity contribution in [2.45, 2.75) is 50.7 Å². The van der Waals surface area contributed by atoms with Crippen molar-refractivity contribution in [2.24, 2.45) is 5.92 Å². The summed E-state index contributed by atoms with van der Waals surface area (Å²) in [7, 11) is -2.42. The number of hydrogen-bond acceptors (Lipinski definition) is 5. The van der Waals surface area contributed by atoms with Crippen LogP contribution in [0.15, 0.2) is 47.4 Å². The van der Waals surface area contributed by atoms with E-state index in [1.807, 2.05) is 13.8 Å². The van der Waals surface area contributed by atoms with Gasteiger partial charge in [0.2, 0.25) is 10.0 Å². The van der Waals surface area contributed by atoms with E-state index in [1.54, 1.807) is 32.2 Å². The summed E-state index contributed by atoms with van der Waals surface area (Å²) in [5.74, 6) is 4.74. The van der Waals surface area contributed by atoms with E-state index in [2.05, 4.69) is 11.8 Å². The van der Waals surface area contributed by atoms with Gasteiger partial charge >= 0.3 is 0 Å². The average molecular weight is 517 g/mol. The minimum absolute atomic E-state index is 0.0242. The summed E-state index contributed by atoms with van der Waals surface area (Å²) in [5.41, 5.74) is 0.562. The van der Waals surface area contributed by atoms with Gasteiger partial charge < -0.3 is 14.7 Å². The van der Waals surface area contributed by atoms with Crippen LogP contribution in [-0.2, 0) is 10.0 Å². The third-order valence-electron chi connectivity index (χ3n) is 6.18. The fourth-order valence-electron chi connectivity index (χ4n) is 4.00. The SMILES string of the molecule is CCCC#Cc1ccc2c(c1)O[C@H](CN(C)C(=O)c1ccccc1F)[C@H](C)CN([C@H](C)CO)S2(=O)=O. The van der Waals surface area contributed by atoms with Crippen LogP contribution in [0.4, 0.5) is 4.39 Å². The molecule has 3 rings (SSSR count). The molecule has 194 valence electrons. The quantitative estimate of drug-likeness (QED) is 0.594. The lowest BCUT2D eigenvalue weighted by molar-refractivity contribution is 0.0560. The summed E-state index contributed by atoms with van der Waals surface area (Å²) in [6.45, 7) is 5.31. The second-order valence-electron chi connectivity index (χ2n) is 9.12. The summed E-state index contributed by atoms with van der Waals surface area (Å²) >= 11 is 0. The minimum atomic E-state index is -3.98. The lowest BCUT2D eigenvalue weighted by Crippen LogP contribution is -2.50. The van der Waals surface area contributed by atoms with E-state index >= 15 is 0 Å². The highest BCUT2D eigenvalue weighted by Crippen LogP contribution is 2.34. The van der Waals surface area contributed by atoms with Gasteiger partial charge in [-0.3, -0.25) is 4.79 Å². The van der Waals surface area contributed by atoms with Crippen LogP contribution >= 0.6 is 0 Å². The fourth-order valence-corrected chi connectivity index (χ4v) is 5.83. The number of ether oxygens (including phenoxy) is 1. The summed E-state index contributed by atoms with van der Waals surface area (Å²) < 4.78 is 48.8. The van der Waals surface area contributed by atoms with E-state index in [0.717, 1.165) is 6.42 Å². The van der Waals surface area contributed by atoms with Gasteiger partial charge in [-0.05, 0) is 43.7 Å². The van der Waals surface area contributed by atoms with Gasteiger partial charge in [0.05, 0.1) is 18.7 Å². The number of benzene rings is 2. The highest BCUT2D eigenvalue weighted by atomic mass is 32.2. The molecule has 3 atom stereocenters. The van der Waals surface area contributed by atoms with Gasteiger partial charge in [-0.25, -0.2) is 12.8 Å². The van der Waals surface area contributed by atoms with Crippen LogP contribution in [-0.4, -0.2) is 67.5 Å². The van der Waals surface area contributed by atoms with E-state index in [1.165, 1.54) is 33.5 Å². The lowest BCUT2D eigenvalue weighted by Gasteiger charge is -2.37. The number of unbranched alkanes of at least 4 members (excludes halogenated alkanes) is 1. The minimum Gasteiger partial charge on any atom is -0.487 e. The van der Waals surface area contributed by atoms with Crippen molar-refractivity contribution in [1.82, 2.24) is 9.21 Å². The number of fused-ring (bicyclic) bond motifs is 1. The molecule has 1 aliphatic heterocycles. The lowest BCUT2D eigenvalue weighted by atomic mass is 10.0. The summed E-state index contributed by atoms with van der Waals surface area (Å²) in [4.78, 5) is 14.3. The first-order chi connectivity index (χ1) is 17.1. The van der Waals surface area contributed by atoms with Crippen LogP contribution in [0.5, 0.6) is 5.75 Å². The Hall–Kier alpha value is -2.93. The Morgan fingerprint density at radius 3 is 2.69 bits per heavy atom. The molecule has 0 unspecified atom stereocenters. The van der Waals surface area contributed by atoms with Crippen molar-refractivity contribution in [3.63, 3.8) is 0 Å². The molecule has 0 aromatic heterocycles. The predicted molar refractivity (Wildman–Crippen MR) is 136 cm³/mol. The zero-order valence-electron chi connectivity index (χ0n) is 21.1. The molecule has 0 bridgehead atoms. The first-order valence-corrected chi connectivity index (χ1v) is 13.5. The van der Waals surface area contributed by atoms with Crippen molar-refractivity contribution >= 4 is 15.9 Å². The zero-order valence-corrected chi connectivity index (χ0v) is 21.9. The fraction of sp³-hybridized carbons (Fsp3) is 0.444. The van der Waals surface area contributed by atoms with Crippen LogP contribution in [0, 0.1) is 23.6 Å². The van der Waals surface area contributed by atoms with Crippen LogP contribution in [0.1, 0.15) is 49.5 Å². The zero-order chi connectivity index (χ0) is 26.5. The van der Waals surface area contributed by atoms with Crippen molar-refractivity contribution in [3.05, 3.63) is 59.4 Å². The number of carbonyl (C=O) groups is 1. The number of aliphatic hydroxyl groups is 1. The third-order valence-corrected chi connectivity index (χ3v) is 8.20. The van der Waals surface area contributed by atoms with Crippen LogP contribution in [0.2, 0.25) is 0 Å².